The molecule has 1 aliphatic rings. The van der Waals surface area contributed by atoms with E-state index in [2.05, 4.69) is 12.1 Å². The minimum atomic E-state index is 0.125. The van der Waals surface area contributed by atoms with Gasteiger partial charge in [0, 0.05) is 26.1 Å². The number of rotatable bonds is 6. The first-order valence-corrected chi connectivity index (χ1v) is 7.15. The van der Waals surface area contributed by atoms with Crippen LogP contribution in [-0.4, -0.2) is 36.1 Å². The lowest BCUT2D eigenvalue weighted by Gasteiger charge is -2.20. The van der Waals surface area contributed by atoms with Gasteiger partial charge >= 0.3 is 0 Å². The van der Waals surface area contributed by atoms with Crippen molar-refractivity contribution in [1.82, 2.24) is 4.90 Å². The van der Waals surface area contributed by atoms with Gasteiger partial charge in [0.2, 0.25) is 5.91 Å². The number of hydrogen-bond donors (Lipinski definition) is 1. The zero-order valence-electron chi connectivity index (χ0n) is 11.6. The van der Waals surface area contributed by atoms with E-state index in [-0.39, 0.29) is 18.4 Å². The molecule has 3 nitrogen and oxygen atoms in total. The minimum Gasteiger partial charge on any atom is -0.396 e. The van der Waals surface area contributed by atoms with Gasteiger partial charge in [0.15, 0.2) is 0 Å². The predicted molar refractivity (Wildman–Crippen MR) is 75.9 cm³/mol. The lowest BCUT2D eigenvalue weighted by atomic mass is 10.0. The molecule has 1 N–H and O–H groups in total. The van der Waals surface area contributed by atoms with E-state index in [1.165, 1.54) is 11.1 Å². The van der Waals surface area contributed by atoms with Gasteiger partial charge in [0.05, 0.1) is 0 Å². The van der Waals surface area contributed by atoms with Crippen LogP contribution < -0.4 is 0 Å². The predicted octanol–water partition coefficient (Wildman–Crippen LogP) is 2.02. The molecule has 1 amide bonds. The molecular formula is C16H23NO2. The van der Waals surface area contributed by atoms with Crippen molar-refractivity contribution in [3.8, 4) is 0 Å². The molecular weight excluding hydrogens is 238 g/mol. The third-order valence-corrected chi connectivity index (χ3v) is 3.93. The van der Waals surface area contributed by atoms with Crippen molar-refractivity contribution in [3.63, 3.8) is 0 Å². The molecule has 1 aromatic carbocycles. The number of aliphatic hydroxyl groups is 1. The highest BCUT2D eigenvalue weighted by atomic mass is 16.2. The van der Waals surface area contributed by atoms with Crippen LogP contribution in [0.3, 0.4) is 0 Å². The van der Waals surface area contributed by atoms with Crippen LogP contribution in [0.25, 0.3) is 0 Å². The van der Waals surface area contributed by atoms with Crippen LogP contribution in [-0.2, 0) is 17.6 Å². The maximum atomic E-state index is 12.4. The molecule has 0 aliphatic heterocycles. The Hall–Kier alpha value is -1.35. The molecule has 1 aromatic rings. The van der Waals surface area contributed by atoms with Gasteiger partial charge in [-0.1, -0.05) is 24.3 Å². The fourth-order valence-corrected chi connectivity index (χ4v) is 2.79. The zero-order valence-corrected chi connectivity index (χ0v) is 11.6. The Balaban J connectivity index is 1.81. The second-order valence-electron chi connectivity index (χ2n) is 5.42. The standard InChI is InChI=1S/C16H23NO2/c1-17(9-5-2-6-10-18)16(19)15-11-13-7-3-4-8-14(13)12-15/h3-4,7-8,15,18H,2,5-6,9-12H2,1H3. The fraction of sp³-hybridized carbons (Fsp3) is 0.562. The first-order chi connectivity index (χ1) is 9.22. The molecule has 3 heteroatoms. The molecule has 0 saturated heterocycles. The number of hydrogen-bond acceptors (Lipinski definition) is 2. The number of amides is 1. The van der Waals surface area contributed by atoms with Gasteiger partial charge in [0.1, 0.15) is 0 Å². The van der Waals surface area contributed by atoms with Crippen LogP contribution in [0, 0.1) is 5.92 Å². The molecule has 0 saturated carbocycles. The first-order valence-electron chi connectivity index (χ1n) is 7.15. The Kier molecular flexibility index (Phi) is 4.97. The normalized spacial score (nSPS) is 14.4. The number of carbonyl (C=O) groups is 1. The van der Waals surface area contributed by atoms with E-state index in [0.29, 0.717) is 0 Å². The average molecular weight is 261 g/mol. The fourth-order valence-electron chi connectivity index (χ4n) is 2.79. The lowest BCUT2D eigenvalue weighted by molar-refractivity contribution is -0.133. The second kappa shape index (κ2) is 6.71. The van der Waals surface area contributed by atoms with Gasteiger partial charge < -0.3 is 10.0 Å². The largest absolute Gasteiger partial charge is 0.396 e. The number of nitrogens with zero attached hydrogens (tertiary/aromatic N) is 1. The van der Waals surface area contributed by atoms with E-state index in [1.807, 2.05) is 24.1 Å². The monoisotopic (exact) mass is 261 g/mol. The molecule has 0 unspecified atom stereocenters. The van der Waals surface area contributed by atoms with Crippen LogP contribution in [0.1, 0.15) is 30.4 Å². The summed E-state index contributed by atoms with van der Waals surface area (Å²) in [5.74, 6) is 0.389. The number of carbonyl (C=O) groups excluding carboxylic acids is 1. The Morgan fingerprint density at radius 2 is 1.84 bits per heavy atom. The Labute approximate surface area is 115 Å². The average Bonchev–Trinajstić information content (AvgIpc) is 2.86. The quantitative estimate of drug-likeness (QED) is 0.796. The minimum absolute atomic E-state index is 0.125. The third-order valence-electron chi connectivity index (χ3n) is 3.93. The van der Waals surface area contributed by atoms with Crippen molar-refractivity contribution in [1.29, 1.82) is 0 Å². The summed E-state index contributed by atoms with van der Waals surface area (Å²) in [7, 11) is 1.89. The van der Waals surface area contributed by atoms with Gasteiger partial charge in [-0.25, -0.2) is 0 Å². The van der Waals surface area contributed by atoms with Crippen LogP contribution in [0.2, 0.25) is 0 Å². The van der Waals surface area contributed by atoms with Gasteiger partial charge in [0.25, 0.3) is 0 Å². The molecule has 104 valence electrons. The molecule has 0 radical (unpaired) electrons. The second-order valence-corrected chi connectivity index (χ2v) is 5.42. The third kappa shape index (κ3) is 3.57. The Morgan fingerprint density at radius 1 is 1.21 bits per heavy atom. The summed E-state index contributed by atoms with van der Waals surface area (Å²) in [6.45, 7) is 1.04. The van der Waals surface area contributed by atoms with Crippen LogP contribution in [0.5, 0.6) is 0 Å². The van der Waals surface area contributed by atoms with E-state index < -0.39 is 0 Å². The molecule has 2 rings (SSSR count). The summed E-state index contributed by atoms with van der Waals surface area (Å²) in [5, 5.41) is 8.73. The summed E-state index contributed by atoms with van der Waals surface area (Å²) >= 11 is 0. The summed E-state index contributed by atoms with van der Waals surface area (Å²) < 4.78 is 0. The van der Waals surface area contributed by atoms with Gasteiger partial charge in [-0.05, 0) is 43.2 Å². The van der Waals surface area contributed by atoms with E-state index in [9.17, 15) is 4.79 Å². The molecule has 1 aliphatic carbocycles. The van der Waals surface area contributed by atoms with Crippen molar-refractivity contribution in [2.45, 2.75) is 32.1 Å². The van der Waals surface area contributed by atoms with Crippen molar-refractivity contribution >= 4 is 5.91 Å². The highest BCUT2D eigenvalue weighted by Crippen LogP contribution is 2.27. The number of unbranched alkanes of at least 4 members (excludes halogenated alkanes) is 2. The molecule has 0 aromatic heterocycles. The highest BCUT2D eigenvalue weighted by Gasteiger charge is 2.28. The van der Waals surface area contributed by atoms with Crippen molar-refractivity contribution in [2.75, 3.05) is 20.2 Å². The van der Waals surface area contributed by atoms with Crippen LogP contribution >= 0.6 is 0 Å². The summed E-state index contributed by atoms with van der Waals surface area (Å²) in [6, 6.07) is 8.35. The van der Waals surface area contributed by atoms with E-state index in [0.717, 1.165) is 38.6 Å². The Bertz CT molecular complexity index is 406. The number of benzene rings is 1. The van der Waals surface area contributed by atoms with E-state index >= 15 is 0 Å². The molecule has 0 bridgehead atoms. The first kappa shape index (κ1) is 14.1. The van der Waals surface area contributed by atoms with Gasteiger partial charge in [-0.15, -0.1) is 0 Å². The molecule has 0 atom stereocenters. The van der Waals surface area contributed by atoms with Crippen molar-refractivity contribution in [2.24, 2.45) is 5.92 Å². The van der Waals surface area contributed by atoms with Gasteiger partial charge in [-0.2, -0.15) is 0 Å². The topological polar surface area (TPSA) is 40.5 Å². The van der Waals surface area contributed by atoms with Gasteiger partial charge in [-0.3, -0.25) is 4.79 Å². The number of fused-ring (bicyclic) bond motifs is 1. The molecule has 0 heterocycles. The van der Waals surface area contributed by atoms with E-state index in [1.54, 1.807) is 0 Å². The smallest absolute Gasteiger partial charge is 0.226 e. The lowest BCUT2D eigenvalue weighted by Crippen LogP contribution is -2.34. The molecule has 0 fully saturated rings. The number of aliphatic hydroxyl groups excluding tert-OH is 1. The summed E-state index contributed by atoms with van der Waals surface area (Å²) in [6.07, 6.45) is 4.56. The summed E-state index contributed by atoms with van der Waals surface area (Å²) in [5.41, 5.74) is 2.66. The summed E-state index contributed by atoms with van der Waals surface area (Å²) in [4.78, 5) is 14.2. The SMILES string of the molecule is CN(CCCCCO)C(=O)C1Cc2ccccc2C1. The van der Waals surface area contributed by atoms with Crippen molar-refractivity contribution < 1.29 is 9.90 Å². The Morgan fingerprint density at radius 3 is 2.42 bits per heavy atom. The zero-order chi connectivity index (χ0) is 13.7. The highest BCUT2D eigenvalue weighted by molar-refractivity contribution is 5.80. The maximum Gasteiger partial charge on any atom is 0.226 e. The van der Waals surface area contributed by atoms with Crippen molar-refractivity contribution in [3.05, 3.63) is 35.4 Å². The van der Waals surface area contributed by atoms with Crippen LogP contribution in [0.15, 0.2) is 24.3 Å². The van der Waals surface area contributed by atoms with Crippen LogP contribution in [0.4, 0.5) is 0 Å². The van der Waals surface area contributed by atoms with E-state index in [4.69, 9.17) is 5.11 Å². The molecule has 19 heavy (non-hydrogen) atoms. The maximum absolute atomic E-state index is 12.4. The molecule has 0 spiro atoms.